The van der Waals surface area contributed by atoms with Gasteiger partial charge >= 0.3 is 5.97 Å². The van der Waals surface area contributed by atoms with Gasteiger partial charge in [-0.05, 0) is 41.4 Å². The Morgan fingerprint density at radius 1 is 1.50 bits per heavy atom. The van der Waals surface area contributed by atoms with Gasteiger partial charge in [-0.2, -0.15) is 0 Å². The molecule has 0 spiro atoms. The van der Waals surface area contributed by atoms with Crippen LogP contribution in [0.4, 0.5) is 0 Å². The molecule has 0 aliphatic heterocycles. The average molecular weight is 283 g/mol. The molecule has 2 rings (SSSR count). The van der Waals surface area contributed by atoms with E-state index >= 15 is 0 Å². The summed E-state index contributed by atoms with van der Waals surface area (Å²) in [5.41, 5.74) is 2.97. The molecule has 0 bridgehead atoms. The summed E-state index contributed by atoms with van der Waals surface area (Å²) in [5.74, 6) is -0.374. The Balaban J connectivity index is 2.79. The molecular formula is C11H11BrN2O2. The number of hydrogen-bond acceptors (Lipinski definition) is 3. The van der Waals surface area contributed by atoms with Crippen molar-refractivity contribution in [2.75, 3.05) is 7.11 Å². The highest BCUT2D eigenvalue weighted by Crippen LogP contribution is 2.21. The van der Waals surface area contributed by atoms with E-state index in [1.807, 2.05) is 19.2 Å². The van der Waals surface area contributed by atoms with Crippen LogP contribution in [0.1, 0.15) is 21.7 Å². The highest BCUT2D eigenvalue weighted by atomic mass is 79.9. The fraction of sp³-hybridized carbons (Fsp3) is 0.273. The van der Waals surface area contributed by atoms with E-state index < -0.39 is 0 Å². The van der Waals surface area contributed by atoms with Gasteiger partial charge in [0, 0.05) is 10.7 Å². The molecule has 0 saturated heterocycles. The summed E-state index contributed by atoms with van der Waals surface area (Å²) in [6, 6.07) is 1.92. The standard InChI is InChI=1S/C11H11BrN2O2/c1-6-4-9-13-7(2)10(11(15)16-3)14(9)5-8(6)12/h4-5H,1-3H3. The summed E-state index contributed by atoms with van der Waals surface area (Å²) >= 11 is 3.43. The highest BCUT2D eigenvalue weighted by Gasteiger charge is 2.17. The maximum atomic E-state index is 11.6. The first kappa shape index (κ1) is 11.1. The number of carbonyl (C=O) groups excluding carboxylic acids is 1. The molecule has 0 atom stereocenters. The molecule has 0 amide bonds. The Labute approximate surface area is 101 Å². The summed E-state index contributed by atoms with van der Waals surface area (Å²) in [7, 11) is 1.37. The van der Waals surface area contributed by atoms with Crippen molar-refractivity contribution in [1.82, 2.24) is 9.38 Å². The lowest BCUT2D eigenvalue weighted by Crippen LogP contribution is -2.07. The zero-order chi connectivity index (χ0) is 11.9. The monoisotopic (exact) mass is 282 g/mol. The number of nitrogens with zero attached hydrogens (tertiary/aromatic N) is 2. The van der Waals surface area contributed by atoms with Crippen LogP contribution in [-0.4, -0.2) is 22.5 Å². The minimum absolute atomic E-state index is 0.374. The van der Waals surface area contributed by atoms with Crippen molar-refractivity contribution >= 4 is 27.5 Å². The van der Waals surface area contributed by atoms with E-state index in [1.165, 1.54) is 7.11 Å². The van der Waals surface area contributed by atoms with Crippen LogP contribution in [0.15, 0.2) is 16.7 Å². The van der Waals surface area contributed by atoms with Crippen molar-refractivity contribution in [1.29, 1.82) is 0 Å². The van der Waals surface area contributed by atoms with Crippen molar-refractivity contribution in [3.8, 4) is 0 Å². The van der Waals surface area contributed by atoms with Gasteiger partial charge in [-0.1, -0.05) is 0 Å². The van der Waals surface area contributed by atoms with E-state index in [0.29, 0.717) is 11.4 Å². The Morgan fingerprint density at radius 2 is 2.19 bits per heavy atom. The van der Waals surface area contributed by atoms with E-state index in [4.69, 9.17) is 4.74 Å². The second-order valence-corrected chi connectivity index (χ2v) is 4.42. The van der Waals surface area contributed by atoms with Crippen molar-refractivity contribution in [2.24, 2.45) is 0 Å². The molecule has 4 nitrogen and oxygen atoms in total. The summed E-state index contributed by atoms with van der Waals surface area (Å²) in [6.07, 6.45) is 1.83. The number of pyridine rings is 1. The maximum absolute atomic E-state index is 11.6. The molecule has 5 heteroatoms. The van der Waals surface area contributed by atoms with Crippen molar-refractivity contribution in [2.45, 2.75) is 13.8 Å². The van der Waals surface area contributed by atoms with Gasteiger partial charge in [0.2, 0.25) is 0 Å². The number of methoxy groups -OCH3 is 1. The maximum Gasteiger partial charge on any atom is 0.356 e. The number of hydrogen-bond donors (Lipinski definition) is 0. The fourth-order valence-electron chi connectivity index (χ4n) is 1.62. The predicted octanol–water partition coefficient (Wildman–Crippen LogP) is 2.50. The number of rotatable bonds is 1. The second-order valence-electron chi connectivity index (χ2n) is 3.57. The topological polar surface area (TPSA) is 43.6 Å². The second kappa shape index (κ2) is 3.90. The third kappa shape index (κ3) is 1.61. The summed E-state index contributed by atoms with van der Waals surface area (Å²) in [4.78, 5) is 15.9. The minimum Gasteiger partial charge on any atom is -0.464 e. The van der Waals surface area contributed by atoms with Crippen LogP contribution in [0.2, 0.25) is 0 Å². The molecule has 0 N–H and O–H groups in total. The van der Waals surface area contributed by atoms with Crippen LogP contribution >= 0.6 is 15.9 Å². The Morgan fingerprint density at radius 3 is 2.81 bits per heavy atom. The molecule has 0 aromatic carbocycles. The van der Waals surface area contributed by atoms with Crippen LogP contribution in [-0.2, 0) is 4.74 Å². The molecule has 2 aromatic heterocycles. The first-order valence-electron chi connectivity index (χ1n) is 4.77. The molecule has 2 heterocycles. The molecule has 84 valence electrons. The van der Waals surface area contributed by atoms with Gasteiger partial charge in [-0.25, -0.2) is 9.78 Å². The minimum atomic E-state index is -0.374. The normalized spacial score (nSPS) is 10.8. The van der Waals surface area contributed by atoms with E-state index in [2.05, 4.69) is 20.9 Å². The van der Waals surface area contributed by atoms with E-state index in [1.54, 1.807) is 11.3 Å². The Bertz CT molecular complexity index is 575. The number of fused-ring (bicyclic) bond motifs is 1. The Hall–Kier alpha value is -1.36. The van der Waals surface area contributed by atoms with Crippen LogP contribution in [0, 0.1) is 13.8 Å². The molecule has 16 heavy (non-hydrogen) atoms. The Kier molecular flexibility index (Phi) is 2.71. The quantitative estimate of drug-likeness (QED) is 0.755. The number of aromatic nitrogens is 2. The number of carbonyl (C=O) groups is 1. The first-order valence-corrected chi connectivity index (χ1v) is 5.57. The molecule has 0 unspecified atom stereocenters. The largest absolute Gasteiger partial charge is 0.464 e. The first-order chi connectivity index (χ1) is 7.54. The smallest absolute Gasteiger partial charge is 0.356 e. The van der Waals surface area contributed by atoms with Crippen molar-refractivity contribution < 1.29 is 9.53 Å². The lowest BCUT2D eigenvalue weighted by Gasteiger charge is -2.03. The van der Waals surface area contributed by atoms with E-state index in [0.717, 1.165) is 15.7 Å². The zero-order valence-electron chi connectivity index (χ0n) is 9.24. The number of aryl methyl sites for hydroxylation is 2. The predicted molar refractivity (Wildman–Crippen MR) is 63.7 cm³/mol. The third-order valence-electron chi connectivity index (χ3n) is 2.46. The molecule has 0 fully saturated rings. The van der Waals surface area contributed by atoms with E-state index in [9.17, 15) is 4.79 Å². The van der Waals surface area contributed by atoms with Gasteiger partial charge < -0.3 is 4.74 Å². The summed E-state index contributed by atoms with van der Waals surface area (Å²) < 4.78 is 7.41. The van der Waals surface area contributed by atoms with Gasteiger partial charge in [0.25, 0.3) is 0 Å². The fourth-order valence-corrected chi connectivity index (χ4v) is 1.94. The van der Waals surface area contributed by atoms with Gasteiger partial charge in [0.05, 0.1) is 12.8 Å². The van der Waals surface area contributed by atoms with Crippen molar-refractivity contribution in [3.63, 3.8) is 0 Å². The molecule has 0 saturated carbocycles. The molecule has 2 aromatic rings. The van der Waals surface area contributed by atoms with Gasteiger partial charge in [-0.15, -0.1) is 0 Å². The van der Waals surface area contributed by atoms with Crippen LogP contribution in [0.25, 0.3) is 5.65 Å². The van der Waals surface area contributed by atoms with E-state index in [-0.39, 0.29) is 5.97 Å². The molecule has 0 aliphatic carbocycles. The number of esters is 1. The van der Waals surface area contributed by atoms with Crippen molar-refractivity contribution in [3.05, 3.63) is 33.7 Å². The van der Waals surface area contributed by atoms with Crippen LogP contribution in [0.3, 0.4) is 0 Å². The SMILES string of the molecule is COC(=O)c1c(C)nc2cc(C)c(Br)cn12. The molecule has 0 aliphatic rings. The number of halogens is 1. The molecule has 0 radical (unpaired) electrons. The van der Waals surface area contributed by atoms with Gasteiger partial charge in [-0.3, -0.25) is 4.40 Å². The zero-order valence-corrected chi connectivity index (χ0v) is 10.8. The average Bonchev–Trinajstić information content (AvgIpc) is 2.54. The number of ether oxygens (including phenoxy) is 1. The van der Waals surface area contributed by atoms with Crippen LogP contribution in [0.5, 0.6) is 0 Å². The van der Waals surface area contributed by atoms with Crippen LogP contribution < -0.4 is 0 Å². The lowest BCUT2D eigenvalue weighted by atomic mass is 10.3. The number of imidazole rings is 1. The molecular weight excluding hydrogens is 272 g/mol. The summed E-state index contributed by atoms with van der Waals surface area (Å²) in [5, 5.41) is 0. The third-order valence-corrected chi connectivity index (χ3v) is 3.29. The lowest BCUT2D eigenvalue weighted by molar-refractivity contribution is 0.0592. The summed E-state index contributed by atoms with van der Waals surface area (Å²) in [6.45, 7) is 3.77. The van der Waals surface area contributed by atoms with Gasteiger partial charge in [0.15, 0.2) is 5.69 Å². The highest BCUT2D eigenvalue weighted by molar-refractivity contribution is 9.10. The van der Waals surface area contributed by atoms with Gasteiger partial charge in [0.1, 0.15) is 5.65 Å².